The van der Waals surface area contributed by atoms with Crippen molar-refractivity contribution in [2.24, 2.45) is 17.8 Å². The number of likely N-dealkylation sites (tertiary alicyclic amines) is 1. The molecule has 0 spiro atoms. The first kappa shape index (κ1) is 15.3. The van der Waals surface area contributed by atoms with E-state index >= 15 is 0 Å². The summed E-state index contributed by atoms with van der Waals surface area (Å²) >= 11 is 0. The molecular formula is C16H27NO3. The van der Waals surface area contributed by atoms with Gasteiger partial charge in [0, 0.05) is 19.0 Å². The largest absolute Gasteiger partial charge is 0.481 e. The fourth-order valence-corrected chi connectivity index (χ4v) is 3.93. The van der Waals surface area contributed by atoms with Crippen molar-refractivity contribution >= 4 is 11.9 Å². The quantitative estimate of drug-likeness (QED) is 0.865. The van der Waals surface area contributed by atoms with Crippen molar-refractivity contribution in [3.63, 3.8) is 0 Å². The van der Waals surface area contributed by atoms with E-state index in [4.69, 9.17) is 0 Å². The van der Waals surface area contributed by atoms with Crippen molar-refractivity contribution in [3.05, 3.63) is 0 Å². The van der Waals surface area contributed by atoms with Gasteiger partial charge in [-0.05, 0) is 44.4 Å². The predicted molar refractivity (Wildman–Crippen MR) is 77.3 cm³/mol. The van der Waals surface area contributed by atoms with Crippen LogP contribution in [0.2, 0.25) is 0 Å². The van der Waals surface area contributed by atoms with Crippen LogP contribution >= 0.6 is 0 Å². The normalized spacial score (nSPS) is 34.8. The minimum atomic E-state index is -0.763. The highest BCUT2D eigenvalue weighted by molar-refractivity contribution is 5.79. The maximum atomic E-state index is 12.5. The third kappa shape index (κ3) is 3.53. The molecule has 20 heavy (non-hydrogen) atoms. The van der Waals surface area contributed by atoms with Crippen LogP contribution in [-0.4, -0.2) is 34.5 Å². The summed E-state index contributed by atoms with van der Waals surface area (Å²) < 4.78 is 0. The Morgan fingerprint density at radius 1 is 1.15 bits per heavy atom. The van der Waals surface area contributed by atoms with E-state index in [1.807, 2.05) is 11.8 Å². The third-order valence-electron chi connectivity index (χ3n) is 5.13. The first-order chi connectivity index (χ1) is 9.49. The van der Waals surface area contributed by atoms with Crippen molar-refractivity contribution in [2.75, 3.05) is 6.54 Å². The van der Waals surface area contributed by atoms with Crippen LogP contribution in [0.25, 0.3) is 0 Å². The summed E-state index contributed by atoms with van der Waals surface area (Å²) in [7, 11) is 0. The second kappa shape index (κ2) is 6.59. The Kier molecular flexibility index (Phi) is 5.06. The maximum absolute atomic E-state index is 12.5. The van der Waals surface area contributed by atoms with Crippen molar-refractivity contribution in [2.45, 2.75) is 64.8 Å². The molecule has 1 N–H and O–H groups in total. The van der Waals surface area contributed by atoms with E-state index in [1.54, 1.807) is 0 Å². The summed E-state index contributed by atoms with van der Waals surface area (Å²) in [6.45, 7) is 4.88. The van der Waals surface area contributed by atoms with E-state index in [2.05, 4.69) is 6.92 Å². The number of carboxylic acid groups (broad SMARTS) is 1. The van der Waals surface area contributed by atoms with E-state index in [0.717, 1.165) is 31.7 Å². The standard InChI is InChI=1S/C16H27NO3/c1-11-5-3-6-13(9-11)10-15(18)17-8-4-7-14(12(17)2)16(19)20/h11-14H,3-10H2,1-2H3,(H,19,20)/t11?,12-,13?,14-/m0/s1. The van der Waals surface area contributed by atoms with Gasteiger partial charge < -0.3 is 10.0 Å². The van der Waals surface area contributed by atoms with Gasteiger partial charge >= 0.3 is 5.97 Å². The molecule has 2 rings (SSSR count). The molecule has 0 bridgehead atoms. The van der Waals surface area contributed by atoms with E-state index in [1.165, 1.54) is 12.8 Å². The molecule has 0 aromatic heterocycles. The molecule has 1 aliphatic carbocycles. The van der Waals surface area contributed by atoms with Crippen LogP contribution in [0.5, 0.6) is 0 Å². The first-order valence-corrected chi connectivity index (χ1v) is 8.01. The number of hydrogen-bond donors (Lipinski definition) is 1. The Morgan fingerprint density at radius 3 is 2.55 bits per heavy atom. The Balaban J connectivity index is 1.92. The third-order valence-corrected chi connectivity index (χ3v) is 5.13. The number of carboxylic acids is 1. The smallest absolute Gasteiger partial charge is 0.308 e. The SMILES string of the molecule is CC1CCCC(CC(=O)N2CCC[C@H](C(=O)O)[C@@H]2C)C1. The Hall–Kier alpha value is -1.06. The summed E-state index contributed by atoms with van der Waals surface area (Å²) in [5.41, 5.74) is 0. The van der Waals surface area contributed by atoms with E-state index in [9.17, 15) is 14.7 Å². The lowest BCUT2D eigenvalue weighted by Gasteiger charge is -2.38. The van der Waals surface area contributed by atoms with Gasteiger partial charge in [0.1, 0.15) is 0 Å². The second-order valence-corrected chi connectivity index (χ2v) is 6.76. The minimum absolute atomic E-state index is 0.158. The highest BCUT2D eigenvalue weighted by Crippen LogP contribution is 2.32. The predicted octanol–water partition coefficient (Wildman–Crippen LogP) is 2.91. The van der Waals surface area contributed by atoms with Crippen molar-refractivity contribution in [3.8, 4) is 0 Å². The molecule has 1 saturated heterocycles. The molecular weight excluding hydrogens is 254 g/mol. The molecule has 1 saturated carbocycles. The number of aliphatic carboxylic acids is 1. The van der Waals surface area contributed by atoms with Gasteiger partial charge in [0.2, 0.25) is 5.91 Å². The van der Waals surface area contributed by atoms with Gasteiger partial charge in [-0.1, -0.05) is 19.8 Å². The van der Waals surface area contributed by atoms with Crippen molar-refractivity contribution in [1.29, 1.82) is 0 Å². The van der Waals surface area contributed by atoms with Crippen LogP contribution in [-0.2, 0) is 9.59 Å². The van der Waals surface area contributed by atoms with Gasteiger partial charge in [-0.15, -0.1) is 0 Å². The minimum Gasteiger partial charge on any atom is -0.481 e. The molecule has 1 heterocycles. The summed E-state index contributed by atoms with van der Waals surface area (Å²) in [4.78, 5) is 25.5. The molecule has 4 nitrogen and oxygen atoms in total. The van der Waals surface area contributed by atoms with E-state index in [-0.39, 0.29) is 11.9 Å². The zero-order valence-corrected chi connectivity index (χ0v) is 12.7. The molecule has 1 amide bonds. The van der Waals surface area contributed by atoms with Crippen LogP contribution < -0.4 is 0 Å². The molecule has 1 aliphatic heterocycles. The fourth-order valence-electron chi connectivity index (χ4n) is 3.93. The second-order valence-electron chi connectivity index (χ2n) is 6.76. The number of carbonyl (C=O) groups is 2. The monoisotopic (exact) mass is 281 g/mol. The number of hydrogen-bond acceptors (Lipinski definition) is 2. The first-order valence-electron chi connectivity index (χ1n) is 8.01. The lowest BCUT2D eigenvalue weighted by molar-refractivity contribution is -0.149. The molecule has 2 aliphatic rings. The Labute approximate surface area is 121 Å². The molecule has 2 unspecified atom stereocenters. The van der Waals surface area contributed by atoms with Crippen LogP contribution in [0.4, 0.5) is 0 Å². The van der Waals surface area contributed by atoms with Gasteiger partial charge in [-0.2, -0.15) is 0 Å². The molecule has 2 fully saturated rings. The zero-order chi connectivity index (χ0) is 14.7. The van der Waals surface area contributed by atoms with Gasteiger partial charge in [-0.3, -0.25) is 9.59 Å². The molecule has 0 aromatic rings. The van der Waals surface area contributed by atoms with Crippen LogP contribution in [0, 0.1) is 17.8 Å². The molecule has 114 valence electrons. The van der Waals surface area contributed by atoms with Gasteiger partial charge in [-0.25, -0.2) is 0 Å². The number of carbonyl (C=O) groups excluding carboxylic acids is 1. The average molecular weight is 281 g/mol. The zero-order valence-electron chi connectivity index (χ0n) is 12.7. The lowest BCUT2D eigenvalue weighted by atomic mass is 9.80. The summed E-state index contributed by atoms with van der Waals surface area (Å²) in [5.74, 6) is 0.248. The van der Waals surface area contributed by atoms with Crippen molar-refractivity contribution < 1.29 is 14.7 Å². The van der Waals surface area contributed by atoms with Crippen LogP contribution in [0.1, 0.15) is 58.8 Å². The number of piperidine rings is 1. The number of nitrogens with zero attached hydrogens (tertiary/aromatic N) is 1. The van der Waals surface area contributed by atoms with E-state index in [0.29, 0.717) is 18.8 Å². The maximum Gasteiger partial charge on any atom is 0.308 e. The van der Waals surface area contributed by atoms with Gasteiger partial charge in [0.25, 0.3) is 0 Å². The Morgan fingerprint density at radius 2 is 1.90 bits per heavy atom. The van der Waals surface area contributed by atoms with Crippen molar-refractivity contribution in [1.82, 2.24) is 4.90 Å². The number of rotatable bonds is 3. The highest BCUT2D eigenvalue weighted by atomic mass is 16.4. The van der Waals surface area contributed by atoms with E-state index < -0.39 is 11.9 Å². The molecule has 0 aromatic carbocycles. The highest BCUT2D eigenvalue weighted by Gasteiger charge is 2.36. The Bertz CT molecular complexity index is 369. The summed E-state index contributed by atoms with van der Waals surface area (Å²) in [6, 6.07) is -0.158. The topological polar surface area (TPSA) is 57.6 Å². The summed E-state index contributed by atoms with van der Waals surface area (Å²) in [5, 5.41) is 9.23. The van der Waals surface area contributed by atoms with Crippen LogP contribution in [0.15, 0.2) is 0 Å². The van der Waals surface area contributed by atoms with Gasteiger partial charge in [0.15, 0.2) is 0 Å². The van der Waals surface area contributed by atoms with Gasteiger partial charge in [0.05, 0.1) is 5.92 Å². The summed E-state index contributed by atoms with van der Waals surface area (Å²) in [6.07, 6.45) is 6.94. The fraction of sp³-hybridized carbons (Fsp3) is 0.875. The molecule has 4 atom stereocenters. The average Bonchev–Trinajstić information content (AvgIpc) is 2.38. The number of amides is 1. The van der Waals surface area contributed by atoms with Crippen LogP contribution in [0.3, 0.4) is 0 Å². The molecule has 0 radical (unpaired) electrons. The lowest BCUT2D eigenvalue weighted by Crippen LogP contribution is -2.49. The molecule has 4 heteroatoms.